The minimum Gasteiger partial charge on any atom is -0.351 e. The first kappa shape index (κ1) is 9.32. The number of carbonyl (C=O) groups excluding carboxylic acids is 1. The zero-order valence-electron chi connectivity index (χ0n) is 7.75. The van der Waals surface area contributed by atoms with Crippen LogP contribution in [0.2, 0.25) is 0 Å². The first-order valence-corrected chi connectivity index (χ1v) is 4.42. The molecule has 1 rings (SSSR count). The number of nitrogens with zero attached hydrogens (tertiary/aromatic N) is 2. The lowest BCUT2D eigenvalue weighted by atomic mass is 10.4. The van der Waals surface area contributed by atoms with E-state index in [1.54, 1.807) is 17.0 Å². The fraction of sp³-hybridized carbons (Fsp3) is 0.875. The zero-order chi connectivity index (χ0) is 8.97. The minimum atomic E-state index is -0.251. The molecular weight excluding hydrogens is 156 g/mol. The van der Waals surface area contributed by atoms with Crippen molar-refractivity contribution >= 4 is 6.09 Å². The van der Waals surface area contributed by atoms with E-state index in [0.29, 0.717) is 6.54 Å². The van der Waals surface area contributed by atoms with Crippen LogP contribution in [0.1, 0.15) is 19.8 Å². The van der Waals surface area contributed by atoms with Crippen molar-refractivity contribution in [2.45, 2.75) is 19.8 Å². The van der Waals surface area contributed by atoms with Crippen molar-refractivity contribution < 1.29 is 9.63 Å². The maximum absolute atomic E-state index is 11.2. The van der Waals surface area contributed by atoms with E-state index in [2.05, 4.69) is 0 Å². The van der Waals surface area contributed by atoms with Gasteiger partial charge < -0.3 is 9.74 Å². The number of rotatable bonds is 2. The summed E-state index contributed by atoms with van der Waals surface area (Å²) in [5, 5.41) is 1.73. The Morgan fingerprint density at radius 3 is 2.58 bits per heavy atom. The largest absolute Gasteiger partial charge is 0.428 e. The van der Waals surface area contributed by atoms with Gasteiger partial charge >= 0.3 is 6.09 Å². The Balaban J connectivity index is 2.25. The third-order valence-electron chi connectivity index (χ3n) is 2.06. The highest BCUT2D eigenvalue weighted by Gasteiger charge is 2.17. The average molecular weight is 172 g/mol. The van der Waals surface area contributed by atoms with Crippen molar-refractivity contribution in [1.29, 1.82) is 0 Å². The molecule has 1 heterocycles. The van der Waals surface area contributed by atoms with Crippen molar-refractivity contribution in [2.24, 2.45) is 0 Å². The van der Waals surface area contributed by atoms with Crippen LogP contribution in [0.15, 0.2) is 0 Å². The van der Waals surface area contributed by atoms with Crippen molar-refractivity contribution in [3.8, 4) is 0 Å². The van der Waals surface area contributed by atoms with Gasteiger partial charge in [-0.3, -0.25) is 0 Å². The fourth-order valence-electron chi connectivity index (χ4n) is 1.09. The maximum atomic E-state index is 11.2. The highest BCUT2D eigenvalue weighted by atomic mass is 16.7. The molecule has 0 atom stereocenters. The van der Waals surface area contributed by atoms with Gasteiger partial charge in [-0.15, -0.1) is 5.06 Å². The Kier molecular flexibility index (Phi) is 3.34. The third-order valence-corrected chi connectivity index (χ3v) is 2.06. The van der Waals surface area contributed by atoms with E-state index in [1.807, 2.05) is 6.92 Å². The second kappa shape index (κ2) is 4.30. The van der Waals surface area contributed by atoms with E-state index in [1.165, 1.54) is 0 Å². The molecule has 0 aromatic rings. The van der Waals surface area contributed by atoms with Crippen molar-refractivity contribution in [1.82, 2.24) is 9.96 Å². The molecule has 4 nitrogen and oxygen atoms in total. The van der Waals surface area contributed by atoms with Gasteiger partial charge in [0.2, 0.25) is 0 Å². The fourth-order valence-corrected chi connectivity index (χ4v) is 1.09. The number of amides is 1. The van der Waals surface area contributed by atoms with Crippen LogP contribution in [-0.2, 0) is 4.84 Å². The van der Waals surface area contributed by atoms with Crippen molar-refractivity contribution in [2.75, 3.05) is 26.7 Å². The molecule has 12 heavy (non-hydrogen) atoms. The molecule has 1 saturated heterocycles. The molecule has 1 aliphatic rings. The molecule has 0 spiro atoms. The summed E-state index contributed by atoms with van der Waals surface area (Å²) in [4.78, 5) is 17.8. The first-order valence-electron chi connectivity index (χ1n) is 4.42. The van der Waals surface area contributed by atoms with Gasteiger partial charge in [-0.25, -0.2) is 4.79 Å². The topological polar surface area (TPSA) is 32.8 Å². The van der Waals surface area contributed by atoms with Gasteiger partial charge in [0.1, 0.15) is 0 Å². The molecule has 4 heteroatoms. The molecule has 0 aromatic heterocycles. The lowest BCUT2D eigenvalue weighted by Crippen LogP contribution is -2.33. The maximum Gasteiger partial charge on any atom is 0.428 e. The summed E-state index contributed by atoms with van der Waals surface area (Å²) in [6.45, 7) is 4.37. The van der Waals surface area contributed by atoms with Crippen LogP contribution in [0.4, 0.5) is 4.79 Å². The van der Waals surface area contributed by atoms with E-state index >= 15 is 0 Å². The van der Waals surface area contributed by atoms with E-state index < -0.39 is 0 Å². The summed E-state index contributed by atoms with van der Waals surface area (Å²) in [5.74, 6) is 0. The van der Waals surface area contributed by atoms with Gasteiger partial charge in [-0.2, -0.15) is 0 Å². The monoisotopic (exact) mass is 172 g/mol. The molecule has 0 saturated carbocycles. The van der Waals surface area contributed by atoms with Crippen LogP contribution in [0.3, 0.4) is 0 Å². The van der Waals surface area contributed by atoms with Crippen LogP contribution in [0.5, 0.6) is 0 Å². The van der Waals surface area contributed by atoms with Crippen LogP contribution in [-0.4, -0.2) is 42.7 Å². The summed E-state index contributed by atoms with van der Waals surface area (Å²) >= 11 is 0. The lowest BCUT2D eigenvalue weighted by Gasteiger charge is -2.19. The SMILES string of the molecule is CCN(C)C(=O)ON1CCCC1. The molecule has 0 bridgehead atoms. The Labute approximate surface area is 73.0 Å². The second-order valence-corrected chi connectivity index (χ2v) is 3.01. The molecule has 0 N–H and O–H groups in total. The van der Waals surface area contributed by atoms with Gasteiger partial charge in [0.05, 0.1) is 0 Å². The van der Waals surface area contributed by atoms with Gasteiger partial charge in [-0.05, 0) is 19.8 Å². The number of hydrogen-bond acceptors (Lipinski definition) is 3. The molecule has 0 radical (unpaired) electrons. The van der Waals surface area contributed by atoms with E-state index in [0.717, 1.165) is 25.9 Å². The number of carbonyl (C=O) groups is 1. The standard InChI is InChI=1S/C8H16N2O2/c1-3-9(2)8(11)12-10-6-4-5-7-10/h3-7H2,1-2H3. The van der Waals surface area contributed by atoms with Crippen LogP contribution < -0.4 is 0 Å². The normalized spacial score (nSPS) is 17.8. The second-order valence-electron chi connectivity index (χ2n) is 3.01. The van der Waals surface area contributed by atoms with Crippen LogP contribution >= 0.6 is 0 Å². The average Bonchev–Trinajstić information content (AvgIpc) is 2.55. The molecule has 1 fully saturated rings. The van der Waals surface area contributed by atoms with Gasteiger partial charge in [-0.1, -0.05) is 0 Å². The number of hydroxylamine groups is 2. The Morgan fingerprint density at radius 2 is 2.08 bits per heavy atom. The molecule has 1 amide bonds. The van der Waals surface area contributed by atoms with E-state index in [9.17, 15) is 4.79 Å². The number of hydrogen-bond donors (Lipinski definition) is 0. The van der Waals surface area contributed by atoms with Gasteiger partial charge in [0.15, 0.2) is 0 Å². The van der Waals surface area contributed by atoms with E-state index in [4.69, 9.17) is 4.84 Å². The van der Waals surface area contributed by atoms with Crippen molar-refractivity contribution in [3.63, 3.8) is 0 Å². The minimum absolute atomic E-state index is 0.251. The quantitative estimate of drug-likeness (QED) is 0.625. The summed E-state index contributed by atoms with van der Waals surface area (Å²) in [6.07, 6.45) is 2.01. The van der Waals surface area contributed by atoms with Gasteiger partial charge in [0, 0.05) is 26.7 Å². The molecule has 70 valence electrons. The summed E-state index contributed by atoms with van der Waals surface area (Å²) in [5.41, 5.74) is 0. The zero-order valence-corrected chi connectivity index (χ0v) is 7.75. The predicted molar refractivity (Wildman–Crippen MR) is 45.6 cm³/mol. The third kappa shape index (κ3) is 2.37. The summed E-state index contributed by atoms with van der Waals surface area (Å²) in [6, 6.07) is 0. The Hall–Kier alpha value is -0.770. The Morgan fingerprint density at radius 1 is 1.50 bits per heavy atom. The highest BCUT2D eigenvalue weighted by molar-refractivity contribution is 5.66. The molecule has 0 unspecified atom stereocenters. The molecule has 1 aliphatic heterocycles. The van der Waals surface area contributed by atoms with Crippen LogP contribution in [0.25, 0.3) is 0 Å². The smallest absolute Gasteiger partial charge is 0.351 e. The van der Waals surface area contributed by atoms with Gasteiger partial charge in [0.25, 0.3) is 0 Å². The molecule has 0 aliphatic carbocycles. The molecular formula is C8H16N2O2. The summed E-state index contributed by atoms with van der Waals surface area (Å²) in [7, 11) is 1.73. The lowest BCUT2D eigenvalue weighted by molar-refractivity contribution is -0.0922. The Bertz CT molecular complexity index is 155. The van der Waals surface area contributed by atoms with Crippen LogP contribution in [0, 0.1) is 0 Å². The van der Waals surface area contributed by atoms with Crippen molar-refractivity contribution in [3.05, 3.63) is 0 Å². The molecule has 0 aromatic carbocycles. The summed E-state index contributed by atoms with van der Waals surface area (Å²) < 4.78 is 0. The van der Waals surface area contributed by atoms with E-state index in [-0.39, 0.29) is 6.09 Å². The highest BCUT2D eigenvalue weighted by Crippen LogP contribution is 2.08. The first-order chi connectivity index (χ1) is 5.74. The predicted octanol–water partition coefficient (Wildman–Crippen LogP) is 1.09.